The molecule has 4 aromatic carbocycles. The van der Waals surface area contributed by atoms with Crippen LogP contribution in [0.4, 0.5) is 27.3 Å². The van der Waals surface area contributed by atoms with Gasteiger partial charge < -0.3 is 34.3 Å². The molecule has 0 aliphatic carbocycles. The van der Waals surface area contributed by atoms with Crippen molar-refractivity contribution in [3.8, 4) is 17.2 Å². The van der Waals surface area contributed by atoms with Crippen LogP contribution in [0, 0.1) is 13.0 Å². The topological polar surface area (TPSA) is 358 Å². The predicted molar refractivity (Wildman–Crippen MR) is 176 cm³/mol. The van der Waals surface area contributed by atoms with Gasteiger partial charge in [-0.1, -0.05) is 34.9 Å². The Balaban J connectivity index is 0.00000605. The van der Waals surface area contributed by atoms with Crippen molar-refractivity contribution in [1.82, 2.24) is 9.97 Å². The maximum atomic E-state index is 13.9. The smallest absolute Gasteiger partial charge is 0.872 e. The first-order valence-electron chi connectivity index (χ1n) is 12.8. The van der Waals surface area contributed by atoms with Gasteiger partial charge in [-0.3, -0.25) is 4.55 Å². The summed E-state index contributed by atoms with van der Waals surface area (Å²) in [5.74, 6) is -5.21. The molecule has 31 heteroatoms. The number of aryl methyl sites for hydroxylation is 1. The summed E-state index contributed by atoms with van der Waals surface area (Å²) in [5.41, 5.74) is -3.06. The standard InChI is InChI=1S/C25H17ClFN5O15S4.Cu.4Na/c1-8-21(26)24(30-25(27)28-8)29-9-2-11-16(49(39,40)41)6-13(23(35)20(11)18(3-9)51(45,46)47)31-32-22-15(34)7-17(50(42,43)44)12-4-10(48(36,37)38)5-14(33)19(12)22;;;;;/h2-7,33-35H,1H3,(H,28,29,30)(H,36,37,38)(H,39,40,41)(H,42,43,44)(H,45,46,47);;;;;/q;+2;;;;+1/p-6. The number of aromatic nitrogens is 2. The van der Waals surface area contributed by atoms with Crippen molar-refractivity contribution in [3.63, 3.8) is 0 Å². The first-order valence-corrected chi connectivity index (χ1v) is 18.9. The zero-order chi connectivity index (χ0) is 38.2. The van der Waals surface area contributed by atoms with Crippen molar-refractivity contribution >= 4 is 185 Å². The molecular weight excluding hydrogens is 949 g/mol. The summed E-state index contributed by atoms with van der Waals surface area (Å²) in [6, 6.07) is 1.99. The molecule has 0 aliphatic heterocycles. The Morgan fingerprint density at radius 2 is 1.27 bits per heavy atom. The fourth-order valence-electron chi connectivity index (χ4n) is 4.71. The van der Waals surface area contributed by atoms with E-state index in [0.29, 0.717) is 12.1 Å². The third-order valence-electron chi connectivity index (χ3n) is 6.78. The average molecular weight is 960 g/mol. The molecular formula is C25H11ClCuFN5Na4O15S4-3. The Hall–Kier alpha value is -0.341. The summed E-state index contributed by atoms with van der Waals surface area (Å²) in [5, 5.41) is 43.7. The van der Waals surface area contributed by atoms with Crippen LogP contribution in [-0.4, -0.2) is 151 Å². The molecule has 282 valence electrons. The molecule has 56 heavy (non-hydrogen) atoms. The van der Waals surface area contributed by atoms with Crippen LogP contribution in [0.25, 0.3) is 21.5 Å². The molecule has 2 N–H and O–H groups in total. The van der Waals surface area contributed by atoms with Crippen molar-refractivity contribution in [2.24, 2.45) is 10.2 Å². The number of nitrogens with one attached hydrogen (secondary N) is 1. The van der Waals surface area contributed by atoms with Crippen molar-refractivity contribution < 1.29 is 118 Å². The van der Waals surface area contributed by atoms with Crippen molar-refractivity contribution in [3.05, 3.63) is 53.2 Å². The number of nitrogens with zero attached hydrogens (tertiary/aromatic N) is 4. The van der Waals surface area contributed by atoms with Gasteiger partial charge in [0, 0.05) is 111 Å². The van der Waals surface area contributed by atoms with Crippen LogP contribution in [0.15, 0.2) is 66.2 Å². The molecule has 0 saturated carbocycles. The van der Waals surface area contributed by atoms with Gasteiger partial charge in [0.2, 0.25) is 0 Å². The van der Waals surface area contributed by atoms with Crippen LogP contribution in [-0.2, 0) is 57.5 Å². The number of benzene rings is 4. The Kier molecular flexibility index (Phi) is 19.9. The van der Waals surface area contributed by atoms with Gasteiger partial charge in [-0.15, -0.1) is 0 Å². The number of fused-ring (bicyclic) bond motifs is 2. The van der Waals surface area contributed by atoms with Gasteiger partial charge in [-0.05, 0) is 42.6 Å². The van der Waals surface area contributed by atoms with E-state index in [1.807, 2.05) is 0 Å². The quantitative estimate of drug-likeness (QED) is 0.0681. The Bertz CT molecular complexity index is 2880. The number of rotatable bonds is 8. The summed E-state index contributed by atoms with van der Waals surface area (Å²) in [4.78, 5) is 1.23. The van der Waals surface area contributed by atoms with Crippen LogP contribution >= 0.6 is 11.6 Å². The molecule has 1 aromatic heterocycles. The fourth-order valence-corrected chi connectivity index (χ4v) is 7.46. The third-order valence-corrected chi connectivity index (χ3v) is 10.7. The average Bonchev–Trinajstić information content (AvgIpc) is 2.97. The minimum absolute atomic E-state index is 0. The van der Waals surface area contributed by atoms with Gasteiger partial charge >= 0.3 is 52.7 Å². The van der Waals surface area contributed by atoms with Gasteiger partial charge in [0.25, 0.3) is 10.1 Å². The molecule has 0 atom stereocenters. The summed E-state index contributed by atoms with van der Waals surface area (Å²) in [6.45, 7) is 1.26. The summed E-state index contributed by atoms with van der Waals surface area (Å²) < 4.78 is 156. The van der Waals surface area contributed by atoms with E-state index in [0.717, 1.165) is 0 Å². The van der Waals surface area contributed by atoms with E-state index in [-0.39, 0.29) is 170 Å². The SMILES string of the molecule is Cc1nc(F)nc(Nc2cc(S(=O)(=O)O)c3c([O-])c(N=Nc4c([O-])cc(S(=O)(=O)[O-])c5cc(S(=O)(=O)[O-])cc([O-])c45)cc(S(=O)(=O)[O-])c3c2)c1Cl.[Cu+2].[Na+].[Na].[Na].[Na]. The van der Waals surface area contributed by atoms with E-state index >= 15 is 0 Å². The zero-order valence-corrected chi connectivity index (χ0v) is 41.6. The molecule has 0 spiro atoms. The van der Waals surface area contributed by atoms with Gasteiger partial charge in [0.05, 0.1) is 31.8 Å². The molecule has 5 aromatic rings. The van der Waals surface area contributed by atoms with E-state index in [2.05, 4.69) is 25.5 Å². The Labute approximate surface area is 419 Å². The van der Waals surface area contributed by atoms with Crippen molar-refractivity contribution in [2.75, 3.05) is 5.32 Å². The van der Waals surface area contributed by atoms with E-state index in [4.69, 9.17) is 11.6 Å². The summed E-state index contributed by atoms with van der Waals surface area (Å²) >= 11 is 6.05. The molecule has 1 heterocycles. The van der Waals surface area contributed by atoms with Crippen LogP contribution < -0.4 is 50.2 Å². The monoisotopic (exact) mass is 958 g/mol. The number of anilines is 2. The molecule has 0 amide bonds. The van der Waals surface area contributed by atoms with Crippen LogP contribution in [0.5, 0.6) is 17.2 Å². The minimum atomic E-state index is -5.72. The first-order chi connectivity index (χ1) is 23.3. The number of azo groups is 1. The van der Waals surface area contributed by atoms with Crippen molar-refractivity contribution in [1.29, 1.82) is 0 Å². The Morgan fingerprint density at radius 3 is 1.79 bits per heavy atom. The molecule has 0 fully saturated rings. The van der Waals surface area contributed by atoms with E-state index in [1.165, 1.54) is 6.92 Å². The molecule has 5 rings (SSSR count). The normalized spacial score (nSPS) is 11.8. The molecule has 0 unspecified atom stereocenters. The first kappa shape index (κ1) is 55.7. The minimum Gasteiger partial charge on any atom is -0.872 e. The molecule has 0 aliphatic rings. The van der Waals surface area contributed by atoms with Crippen LogP contribution in [0.3, 0.4) is 0 Å². The largest absolute Gasteiger partial charge is 2.00 e. The maximum Gasteiger partial charge on any atom is 2.00 e. The number of hydrogen-bond donors (Lipinski definition) is 2. The second-order valence-electron chi connectivity index (χ2n) is 10.1. The second kappa shape index (κ2) is 20.0. The molecule has 0 saturated heterocycles. The summed E-state index contributed by atoms with van der Waals surface area (Å²) in [6.07, 6.45) is -1.31. The van der Waals surface area contributed by atoms with E-state index in [1.54, 1.807) is 0 Å². The van der Waals surface area contributed by atoms with Crippen LogP contribution in [0.1, 0.15) is 5.69 Å². The van der Waals surface area contributed by atoms with Gasteiger partial charge in [0.1, 0.15) is 40.3 Å². The molecule has 0 bridgehead atoms. The zero-order valence-electron chi connectivity index (χ0n) is 28.6. The predicted octanol–water partition coefficient (Wildman–Crippen LogP) is -2.92. The molecule has 4 radical (unpaired) electrons. The third kappa shape index (κ3) is 11.7. The van der Waals surface area contributed by atoms with Gasteiger partial charge in [-0.2, -0.15) is 28.0 Å². The second-order valence-corrected chi connectivity index (χ2v) is 15.9. The Morgan fingerprint density at radius 1 is 0.732 bits per heavy atom. The summed E-state index contributed by atoms with van der Waals surface area (Å²) in [7, 11) is -22.3. The number of halogens is 2. The van der Waals surface area contributed by atoms with Gasteiger partial charge in [-0.25, -0.2) is 30.2 Å². The van der Waals surface area contributed by atoms with Crippen LogP contribution in [0.2, 0.25) is 5.02 Å². The number of hydrogen-bond acceptors (Lipinski definition) is 19. The molecule has 20 nitrogen and oxygen atoms in total. The van der Waals surface area contributed by atoms with Crippen molar-refractivity contribution in [2.45, 2.75) is 26.5 Å². The maximum absolute atomic E-state index is 13.9. The fraction of sp³-hybridized carbons (Fsp3) is 0.0400. The van der Waals surface area contributed by atoms with E-state index < -0.39 is 128 Å². The van der Waals surface area contributed by atoms with E-state index in [9.17, 15) is 71.6 Å². The van der Waals surface area contributed by atoms with Gasteiger partial charge in [0.15, 0.2) is 5.82 Å².